The van der Waals surface area contributed by atoms with Gasteiger partial charge in [0.1, 0.15) is 0 Å². The van der Waals surface area contributed by atoms with Crippen LogP contribution in [0.2, 0.25) is 0 Å². The Bertz CT molecular complexity index is 864. The molecule has 0 unspecified atom stereocenters. The molecule has 6 heteroatoms. The molecule has 2 aromatic carbocycles. The number of ether oxygens (including phenoxy) is 3. The van der Waals surface area contributed by atoms with E-state index >= 15 is 0 Å². The molecule has 1 amide bonds. The topological polar surface area (TPSA) is 56.8 Å². The molecule has 3 rings (SSSR count). The minimum absolute atomic E-state index is 0.211. The van der Waals surface area contributed by atoms with E-state index in [1.54, 1.807) is 23.5 Å². The van der Waals surface area contributed by atoms with Gasteiger partial charge in [-0.2, -0.15) is 0 Å². The molecule has 3 aromatic rings. The summed E-state index contributed by atoms with van der Waals surface area (Å²) in [5, 5.41) is 4.89. The molecule has 0 spiro atoms. The molecular weight excluding hydrogens is 350 g/mol. The van der Waals surface area contributed by atoms with Crippen molar-refractivity contribution < 1.29 is 19.0 Å². The van der Waals surface area contributed by atoms with Crippen molar-refractivity contribution in [3.05, 3.63) is 59.5 Å². The molecule has 0 aliphatic rings. The standard InChI is InChI=1S/C20H19NO4S/c1-23-16-11-15(12-17(24-2)19(16)25-3)21-20(22)14-8-6-13(7-9-14)18-5-4-10-26-18/h4-12H,1-3H3,(H,21,22). The van der Waals surface area contributed by atoms with Gasteiger partial charge in [-0.05, 0) is 29.1 Å². The highest BCUT2D eigenvalue weighted by molar-refractivity contribution is 7.13. The highest BCUT2D eigenvalue weighted by Crippen LogP contribution is 2.40. The molecule has 0 radical (unpaired) electrons. The fourth-order valence-corrected chi connectivity index (χ4v) is 3.32. The third-order valence-electron chi connectivity index (χ3n) is 3.88. The van der Waals surface area contributed by atoms with Crippen LogP contribution in [-0.2, 0) is 0 Å². The van der Waals surface area contributed by atoms with Crippen molar-refractivity contribution in [3.8, 4) is 27.7 Å². The quantitative estimate of drug-likeness (QED) is 0.685. The highest BCUT2D eigenvalue weighted by atomic mass is 32.1. The number of hydrogen-bond donors (Lipinski definition) is 1. The van der Waals surface area contributed by atoms with Gasteiger partial charge < -0.3 is 19.5 Å². The van der Waals surface area contributed by atoms with Crippen LogP contribution in [0, 0.1) is 0 Å². The zero-order chi connectivity index (χ0) is 18.5. The van der Waals surface area contributed by atoms with Gasteiger partial charge in [-0.15, -0.1) is 11.3 Å². The van der Waals surface area contributed by atoms with Gasteiger partial charge in [-0.1, -0.05) is 18.2 Å². The number of amides is 1. The first-order chi connectivity index (χ1) is 12.7. The number of methoxy groups -OCH3 is 3. The SMILES string of the molecule is COc1cc(NC(=O)c2ccc(-c3cccs3)cc2)cc(OC)c1OC. The lowest BCUT2D eigenvalue weighted by molar-refractivity contribution is 0.102. The van der Waals surface area contributed by atoms with Crippen LogP contribution in [0.3, 0.4) is 0 Å². The van der Waals surface area contributed by atoms with Gasteiger partial charge >= 0.3 is 0 Å². The number of hydrogen-bond acceptors (Lipinski definition) is 5. The third kappa shape index (κ3) is 3.65. The van der Waals surface area contributed by atoms with Crippen LogP contribution in [0.4, 0.5) is 5.69 Å². The second kappa shape index (κ2) is 7.93. The monoisotopic (exact) mass is 369 g/mol. The molecule has 26 heavy (non-hydrogen) atoms. The van der Waals surface area contributed by atoms with E-state index in [-0.39, 0.29) is 5.91 Å². The third-order valence-corrected chi connectivity index (χ3v) is 4.79. The van der Waals surface area contributed by atoms with Gasteiger partial charge in [0.25, 0.3) is 5.91 Å². The first-order valence-electron chi connectivity index (χ1n) is 7.91. The van der Waals surface area contributed by atoms with Crippen LogP contribution >= 0.6 is 11.3 Å². The van der Waals surface area contributed by atoms with Crippen molar-refractivity contribution in [2.45, 2.75) is 0 Å². The molecule has 0 aliphatic heterocycles. The van der Waals surface area contributed by atoms with Gasteiger partial charge in [0.15, 0.2) is 11.5 Å². The minimum Gasteiger partial charge on any atom is -0.493 e. The van der Waals surface area contributed by atoms with Crippen LogP contribution < -0.4 is 19.5 Å². The number of benzene rings is 2. The average molecular weight is 369 g/mol. The lowest BCUT2D eigenvalue weighted by atomic mass is 10.1. The van der Waals surface area contributed by atoms with Crippen LogP contribution in [-0.4, -0.2) is 27.2 Å². The number of nitrogens with one attached hydrogen (secondary N) is 1. The molecule has 0 aliphatic carbocycles. The maximum absolute atomic E-state index is 12.5. The Morgan fingerprint density at radius 1 is 0.923 bits per heavy atom. The van der Waals surface area contributed by atoms with Crippen molar-refractivity contribution in [1.29, 1.82) is 0 Å². The number of anilines is 1. The predicted molar refractivity (Wildman–Crippen MR) is 104 cm³/mol. The Kier molecular flexibility index (Phi) is 5.43. The molecule has 1 aromatic heterocycles. The van der Waals surface area contributed by atoms with E-state index in [0.29, 0.717) is 28.5 Å². The van der Waals surface area contributed by atoms with Crippen molar-refractivity contribution in [3.63, 3.8) is 0 Å². The van der Waals surface area contributed by atoms with Gasteiger partial charge in [0.05, 0.1) is 21.3 Å². The van der Waals surface area contributed by atoms with E-state index < -0.39 is 0 Å². The van der Waals surface area contributed by atoms with Crippen LogP contribution in [0.15, 0.2) is 53.9 Å². The van der Waals surface area contributed by atoms with Crippen molar-refractivity contribution >= 4 is 22.9 Å². The fraction of sp³-hybridized carbons (Fsp3) is 0.150. The second-order valence-electron chi connectivity index (χ2n) is 5.42. The lowest BCUT2D eigenvalue weighted by Crippen LogP contribution is -2.12. The van der Waals surface area contributed by atoms with E-state index in [9.17, 15) is 4.79 Å². The molecule has 0 bridgehead atoms. The number of thiophene rings is 1. The van der Waals surface area contributed by atoms with Gasteiger partial charge in [0.2, 0.25) is 5.75 Å². The molecule has 134 valence electrons. The zero-order valence-corrected chi connectivity index (χ0v) is 15.6. The Labute approximate surface area is 156 Å². The average Bonchev–Trinajstić information content (AvgIpc) is 3.22. The summed E-state index contributed by atoms with van der Waals surface area (Å²) in [5.74, 6) is 1.23. The van der Waals surface area contributed by atoms with E-state index in [1.807, 2.05) is 35.7 Å². The Hall–Kier alpha value is -2.99. The summed E-state index contributed by atoms with van der Waals surface area (Å²) in [4.78, 5) is 13.7. The maximum Gasteiger partial charge on any atom is 0.255 e. The zero-order valence-electron chi connectivity index (χ0n) is 14.7. The smallest absolute Gasteiger partial charge is 0.255 e. The lowest BCUT2D eigenvalue weighted by Gasteiger charge is -2.14. The summed E-state index contributed by atoms with van der Waals surface area (Å²) in [7, 11) is 4.60. The predicted octanol–water partition coefficient (Wildman–Crippen LogP) is 4.69. The minimum atomic E-state index is -0.211. The summed E-state index contributed by atoms with van der Waals surface area (Å²) in [5.41, 5.74) is 2.22. The largest absolute Gasteiger partial charge is 0.493 e. The number of carbonyl (C=O) groups is 1. The Morgan fingerprint density at radius 3 is 2.08 bits per heavy atom. The molecule has 1 heterocycles. The van der Waals surface area contributed by atoms with E-state index in [2.05, 4.69) is 11.4 Å². The van der Waals surface area contributed by atoms with Crippen molar-refractivity contribution in [1.82, 2.24) is 0 Å². The van der Waals surface area contributed by atoms with Crippen LogP contribution in [0.1, 0.15) is 10.4 Å². The van der Waals surface area contributed by atoms with Gasteiger partial charge in [-0.25, -0.2) is 0 Å². The van der Waals surface area contributed by atoms with Gasteiger partial charge in [-0.3, -0.25) is 4.79 Å². The normalized spacial score (nSPS) is 10.3. The summed E-state index contributed by atoms with van der Waals surface area (Å²) in [6.07, 6.45) is 0. The molecule has 0 atom stereocenters. The number of rotatable bonds is 6. The van der Waals surface area contributed by atoms with Crippen molar-refractivity contribution in [2.75, 3.05) is 26.6 Å². The van der Waals surface area contributed by atoms with Crippen LogP contribution in [0.5, 0.6) is 17.2 Å². The molecule has 0 saturated carbocycles. The van der Waals surface area contributed by atoms with E-state index in [0.717, 1.165) is 5.56 Å². The summed E-state index contributed by atoms with van der Waals surface area (Å²) < 4.78 is 15.9. The van der Waals surface area contributed by atoms with E-state index in [1.165, 1.54) is 26.2 Å². The summed E-state index contributed by atoms with van der Waals surface area (Å²) in [6.45, 7) is 0. The maximum atomic E-state index is 12.5. The highest BCUT2D eigenvalue weighted by Gasteiger charge is 2.15. The molecular formula is C20H19NO4S. The second-order valence-corrected chi connectivity index (χ2v) is 6.37. The Morgan fingerprint density at radius 2 is 1.58 bits per heavy atom. The molecule has 0 fully saturated rings. The molecule has 0 saturated heterocycles. The molecule has 1 N–H and O–H groups in total. The van der Waals surface area contributed by atoms with Crippen LogP contribution in [0.25, 0.3) is 10.4 Å². The number of carbonyl (C=O) groups excluding carboxylic acids is 1. The fourth-order valence-electron chi connectivity index (χ4n) is 2.59. The van der Waals surface area contributed by atoms with Gasteiger partial charge in [0, 0.05) is 28.3 Å². The first-order valence-corrected chi connectivity index (χ1v) is 8.79. The van der Waals surface area contributed by atoms with Crippen molar-refractivity contribution in [2.24, 2.45) is 0 Å². The summed E-state index contributed by atoms with van der Waals surface area (Å²) >= 11 is 1.66. The molecule has 5 nitrogen and oxygen atoms in total. The Balaban J connectivity index is 1.81. The first kappa shape index (κ1) is 17.8. The van der Waals surface area contributed by atoms with E-state index in [4.69, 9.17) is 14.2 Å². The summed E-state index contributed by atoms with van der Waals surface area (Å²) in [6, 6.07) is 14.9.